The Morgan fingerprint density at radius 2 is 2.27 bits per heavy atom. The molecular formula is C11H18BrN3+2. The Kier molecular flexibility index (Phi) is 2.73. The van der Waals surface area contributed by atoms with Gasteiger partial charge in [0.1, 0.15) is 12.2 Å². The number of pyridine rings is 1. The van der Waals surface area contributed by atoms with Crippen LogP contribution in [0.4, 0.5) is 5.82 Å². The molecule has 2 heterocycles. The van der Waals surface area contributed by atoms with Crippen LogP contribution < -0.4 is 10.7 Å². The number of hydrogen-bond donors (Lipinski definition) is 1. The molecule has 15 heavy (non-hydrogen) atoms. The zero-order chi connectivity index (χ0) is 11.1. The monoisotopic (exact) mass is 271 g/mol. The van der Waals surface area contributed by atoms with Crippen molar-refractivity contribution in [2.24, 2.45) is 0 Å². The summed E-state index contributed by atoms with van der Waals surface area (Å²) in [5, 5.41) is 0. The van der Waals surface area contributed by atoms with Gasteiger partial charge in [-0.1, -0.05) is 0 Å². The quantitative estimate of drug-likeness (QED) is 0.777. The molecule has 2 rings (SSSR count). The Hall–Kier alpha value is -0.610. The fourth-order valence-electron chi connectivity index (χ4n) is 2.50. The molecule has 0 aromatic carbocycles. The number of nitrogens with two attached hydrogens (primary N) is 1. The molecule has 0 aliphatic carbocycles. The molecule has 82 valence electrons. The maximum absolute atomic E-state index is 6.00. The number of aromatic nitrogens is 1. The van der Waals surface area contributed by atoms with Crippen LogP contribution >= 0.6 is 15.9 Å². The van der Waals surface area contributed by atoms with Gasteiger partial charge in [0, 0.05) is 12.8 Å². The second kappa shape index (κ2) is 3.76. The Balaban J connectivity index is 2.40. The van der Waals surface area contributed by atoms with Gasteiger partial charge in [-0.15, -0.1) is 0 Å². The van der Waals surface area contributed by atoms with Crippen LogP contribution in [0.3, 0.4) is 0 Å². The van der Waals surface area contributed by atoms with E-state index >= 15 is 0 Å². The van der Waals surface area contributed by atoms with Crippen LogP contribution in [0.1, 0.15) is 24.4 Å². The standard InChI is InChI=1S/C11H17BrN3/c1-15(2)5-3-4-10(15)9-6-8(12)7-14-11(9)13/h6-7,10H,3-5H2,1-2H3,(H2,13,14)/q+1/p+1/t10-/m1/s1. The minimum atomic E-state index is 0.527. The minimum Gasteiger partial charge on any atom is -0.322 e. The van der Waals surface area contributed by atoms with Crippen LogP contribution in [0.15, 0.2) is 16.7 Å². The molecule has 0 unspecified atom stereocenters. The summed E-state index contributed by atoms with van der Waals surface area (Å²) in [4.78, 5) is 3.10. The van der Waals surface area contributed by atoms with Gasteiger partial charge in [-0.3, -0.25) is 5.73 Å². The Morgan fingerprint density at radius 1 is 1.53 bits per heavy atom. The maximum Gasteiger partial charge on any atom is 0.279 e. The van der Waals surface area contributed by atoms with Gasteiger partial charge < -0.3 is 4.48 Å². The summed E-state index contributed by atoms with van der Waals surface area (Å²) in [5.74, 6) is 0.802. The number of rotatable bonds is 1. The topological polar surface area (TPSA) is 40.2 Å². The molecule has 0 bridgehead atoms. The number of quaternary nitrogens is 1. The number of hydrogen-bond acceptors (Lipinski definition) is 1. The number of aromatic amines is 1. The molecule has 1 fully saturated rings. The highest BCUT2D eigenvalue weighted by atomic mass is 79.9. The van der Waals surface area contributed by atoms with Gasteiger partial charge in [-0.2, -0.15) is 0 Å². The van der Waals surface area contributed by atoms with Crippen LogP contribution in [0.5, 0.6) is 0 Å². The van der Waals surface area contributed by atoms with E-state index in [9.17, 15) is 0 Å². The first-order chi connectivity index (χ1) is 7.00. The first-order valence-corrected chi connectivity index (χ1v) is 6.09. The number of nitrogens with one attached hydrogen (secondary N) is 1. The van der Waals surface area contributed by atoms with Crippen molar-refractivity contribution in [2.75, 3.05) is 26.4 Å². The average molecular weight is 272 g/mol. The van der Waals surface area contributed by atoms with Crippen molar-refractivity contribution in [1.82, 2.24) is 0 Å². The van der Waals surface area contributed by atoms with E-state index in [1.807, 2.05) is 6.20 Å². The van der Waals surface area contributed by atoms with Gasteiger partial charge in [0.2, 0.25) is 0 Å². The van der Waals surface area contributed by atoms with Crippen molar-refractivity contribution in [3.8, 4) is 0 Å². The second-order valence-electron chi connectivity index (χ2n) is 4.85. The second-order valence-corrected chi connectivity index (χ2v) is 5.76. The van der Waals surface area contributed by atoms with Crippen molar-refractivity contribution >= 4 is 21.7 Å². The molecule has 1 aromatic heterocycles. The number of likely N-dealkylation sites (tertiary alicyclic amines) is 1. The predicted octanol–water partition coefficient (Wildman–Crippen LogP) is 1.76. The molecular weight excluding hydrogens is 254 g/mol. The van der Waals surface area contributed by atoms with Crippen molar-refractivity contribution in [3.05, 3.63) is 22.3 Å². The summed E-state index contributed by atoms with van der Waals surface area (Å²) in [6, 6.07) is 2.67. The molecule has 0 saturated carbocycles. The average Bonchev–Trinajstić information content (AvgIpc) is 2.50. The van der Waals surface area contributed by atoms with Crippen molar-refractivity contribution in [1.29, 1.82) is 0 Å². The third kappa shape index (κ3) is 2.01. The molecule has 3 N–H and O–H groups in total. The van der Waals surface area contributed by atoms with Crippen LogP contribution in [0, 0.1) is 0 Å². The molecule has 1 aliphatic rings. The highest BCUT2D eigenvalue weighted by molar-refractivity contribution is 9.10. The number of H-pyrrole nitrogens is 1. The molecule has 0 amide bonds. The molecule has 0 radical (unpaired) electrons. The summed E-state index contributed by atoms with van der Waals surface area (Å²) in [5.41, 5.74) is 7.25. The van der Waals surface area contributed by atoms with E-state index in [-0.39, 0.29) is 0 Å². The number of halogens is 1. The van der Waals surface area contributed by atoms with Gasteiger partial charge in [0.15, 0.2) is 0 Å². The lowest BCUT2D eigenvalue weighted by atomic mass is 10.0. The van der Waals surface area contributed by atoms with E-state index in [0.29, 0.717) is 6.04 Å². The molecule has 4 heteroatoms. The van der Waals surface area contributed by atoms with E-state index in [0.717, 1.165) is 14.8 Å². The van der Waals surface area contributed by atoms with Crippen LogP contribution in [0.2, 0.25) is 0 Å². The van der Waals surface area contributed by atoms with Gasteiger partial charge in [0.05, 0.1) is 30.7 Å². The van der Waals surface area contributed by atoms with Crippen LogP contribution in [0.25, 0.3) is 0 Å². The van der Waals surface area contributed by atoms with E-state index in [2.05, 4.69) is 41.1 Å². The SMILES string of the molecule is C[N+]1(C)CCC[C@@H]1c1cc(Br)c[nH+]c1N. The first-order valence-electron chi connectivity index (χ1n) is 5.30. The molecule has 1 aromatic rings. The largest absolute Gasteiger partial charge is 0.322 e. The smallest absolute Gasteiger partial charge is 0.279 e. The molecule has 0 spiro atoms. The van der Waals surface area contributed by atoms with Gasteiger partial charge in [-0.05, 0) is 22.0 Å². The van der Waals surface area contributed by atoms with E-state index in [1.165, 1.54) is 24.9 Å². The first kappa shape index (κ1) is 10.9. The van der Waals surface area contributed by atoms with Gasteiger partial charge in [-0.25, -0.2) is 4.98 Å². The Labute approximate surface area is 99.0 Å². The summed E-state index contributed by atoms with van der Waals surface area (Å²) >= 11 is 3.49. The van der Waals surface area contributed by atoms with Gasteiger partial charge >= 0.3 is 0 Å². The zero-order valence-electron chi connectivity index (χ0n) is 9.26. The summed E-state index contributed by atoms with van der Waals surface area (Å²) < 4.78 is 2.10. The number of nitrogen functional groups attached to an aromatic ring is 1. The lowest BCUT2D eigenvalue weighted by Gasteiger charge is -2.31. The normalized spacial score (nSPS) is 24.3. The summed E-state index contributed by atoms with van der Waals surface area (Å²) in [6.45, 7) is 1.23. The third-order valence-electron chi connectivity index (χ3n) is 3.38. The van der Waals surface area contributed by atoms with Crippen molar-refractivity contribution in [2.45, 2.75) is 18.9 Å². The Morgan fingerprint density at radius 3 is 2.87 bits per heavy atom. The third-order valence-corrected chi connectivity index (χ3v) is 3.84. The maximum atomic E-state index is 6.00. The van der Waals surface area contributed by atoms with Gasteiger partial charge in [0.25, 0.3) is 5.82 Å². The fraction of sp³-hybridized carbons (Fsp3) is 0.545. The van der Waals surface area contributed by atoms with E-state index in [1.54, 1.807) is 0 Å². The van der Waals surface area contributed by atoms with E-state index < -0.39 is 0 Å². The molecule has 1 aliphatic heterocycles. The van der Waals surface area contributed by atoms with E-state index in [4.69, 9.17) is 5.73 Å². The van der Waals surface area contributed by atoms with Crippen LogP contribution in [-0.4, -0.2) is 25.1 Å². The Bertz CT molecular complexity index is 376. The van der Waals surface area contributed by atoms with Crippen LogP contribution in [-0.2, 0) is 0 Å². The van der Waals surface area contributed by atoms with Crippen molar-refractivity contribution in [3.63, 3.8) is 0 Å². The lowest BCUT2D eigenvalue weighted by molar-refractivity contribution is -0.908. The summed E-state index contributed by atoms with van der Waals surface area (Å²) in [7, 11) is 4.55. The van der Waals surface area contributed by atoms with Crippen molar-refractivity contribution < 1.29 is 9.47 Å². The number of anilines is 1. The molecule has 1 atom stereocenters. The molecule has 3 nitrogen and oxygen atoms in total. The predicted molar refractivity (Wildman–Crippen MR) is 64.1 cm³/mol. The zero-order valence-corrected chi connectivity index (χ0v) is 10.8. The highest BCUT2D eigenvalue weighted by Gasteiger charge is 2.38. The summed E-state index contributed by atoms with van der Waals surface area (Å²) in [6.07, 6.45) is 4.39. The highest BCUT2D eigenvalue weighted by Crippen LogP contribution is 2.37. The number of nitrogens with zero attached hydrogens (tertiary/aromatic N) is 1. The lowest BCUT2D eigenvalue weighted by Crippen LogP contribution is -2.39. The molecule has 1 saturated heterocycles. The minimum absolute atomic E-state index is 0.527. The fourth-order valence-corrected chi connectivity index (χ4v) is 2.86.